The van der Waals surface area contributed by atoms with Crippen LogP contribution in [0.1, 0.15) is 32.1 Å². The van der Waals surface area contributed by atoms with Crippen molar-refractivity contribution in [3.63, 3.8) is 0 Å². The minimum atomic E-state index is 0.210. The number of hydrogen-bond donors (Lipinski definition) is 2. The summed E-state index contributed by atoms with van der Waals surface area (Å²) in [7, 11) is 0. The van der Waals surface area contributed by atoms with Crippen LogP contribution >= 0.6 is 0 Å². The second-order valence-corrected chi connectivity index (χ2v) is 3.67. The summed E-state index contributed by atoms with van der Waals surface area (Å²) in [6.45, 7) is 0.711. The van der Waals surface area contributed by atoms with Crippen molar-refractivity contribution >= 4 is 0 Å². The zero-order valence-electron chi connectivity index (χ0n) is 7.54. The van der Waals surface area contributed by atoms with E-state index in [2.05, 4.69) is 4.84 Å². The molecule has 1 aliphatic carbocycles. The fraction of sp³-hybridized carbons (Fsp3) is 1.00. The summed E-state index contributed by atoms with van der Waals surface area (Å²) in [5.41, 5.74) is 0. The van der Waals surface area contributed by atoms with Gasteiger partial charge in [-0.05, 0) is 5.92 Å². The lowest BCUT2D eigenvalue weighted by Gasteiger charge is -2.28. The van der Waals surface area contributed by atoms with Gasteiger partial charge >= 0.3 is 0 Å². The normalized spacial score (nSPS) is 22.5. The van der Waals surface area contributed by atoms with E-state index < -0.39 is 0 Å². The van der Waals surface area contributed by atoms with Gasteiger partial charge in [-0.25, -0.2) is 5.90 Å². The van der Waals surface area contributed by atoms with Crippen molar-refractivity contribution < 1.29 is 9.94 Å². The molecule has 1 rings (SSSR count). The smallest absolute Gasteiger partial charge is 0.0731 e. The van der Waals surface area contributed by atoms with Gasteiger partial charge in [0.15, 0.2) is 0 Å². The monoisotopic (exact) mass is 173 g/mol. The maximum atomic E-state index is 9.07. The molecule has 0 radical (unpaired) electrons. The van der Waals surface area contributed by atoms with Crippen molar-refractivity contribution in [3.05, 3.63) is 0 Å². The maximum absolute atomic E-state index is 9.07. The summed E-state index contributed by atoms with van der Waals surface area (Å²) in [6.07, 6.45) is 6.40. The molecule has 1 saturated carbocycles. The van der Waals surface area contributed by atoms with E-state index in [0.717, 1.165) is 0 Å². The zero-order chi connectivity index (χ0) is 8.81. The van der Waals surface area contributed by atoms with Crippen LogP contribution in [0.15, 0.2) is 0 Å². The lowest BCUT2D eigenvalue weighted by atomic mass is 9.81. The van der Waals surface area contributed by atoms with E-state index >= 15 is 0 Å². The Morgan fingerprint density at radius 1 is 1.33 bits per heavy atom. The average Bonchev–Trinajstić information content (AvgIpc) is 2.15. The van der Waals surface area contributed by atoms with Gasteiger partial charge in [0.2, 0.25) is 0 Å². The van der Waals surface area contributed by atoms with Gasteiger partial charge < -0.3 is 9.94 Å². The number of nitrogens with two attached hydrogens (primary N) is 1. The Bertz CT molecular complexity index is 110. The Morgan fingerprint density at radius 2 is 2.00 bits per heavy atom. The van der Waals surface area contributed by atoms with Crippen LogP contribution in [0, 0.1) is 11.8 Å². The van der Waals surface area contributed by atoms with Crippen LogP contribution < -0.4 is 5.90 Å². The van der Waals surface area contributed by atoms with Crippen molar-refractivity contribution in [3.8, 4) is 0 Å². The highest BCUT2D eigenvalue weighted by atomic mass is 16.6. The summed E-state index contributed by atoms with van der Waals surface area (Å²) in [6, 6.07) is 0. The number of aliphatic hydroxyl groups is 1. The number of rotatable bonds is 4. The molecule has 0 aromatic carbocycles. The van der Waals surface area contributed by atoms with Gasteiger partial charge in [-0.1, -0.05) is 32.1 Å². The molecule has 1 aliphatic rings. The second kappa shape index (κ2) is 5.51. The second-order valence-electron chi connectivity index (χ2n) is 3.67. The van der Waals surface area contributed by atoms with Gasteiger partial charge in [-0.3, -0.25) is 0 Å². The van der Waals surface area contributed by atoms with E-state index in [4.69, 9.17) is 11.0 Å². The predicted octanol–water partition coefficient (Wildman–Crippen LogP) is 1.07. The first-order chi connectivity index (χ1) is 5.88. The van der Waals surface area contributed by atoms with Crippen LogP contribution in [0.5, 0.6) is 0 Å². The largest absolute Gasteiger partial charge is 0.396 e. The Hall–Kier alpha value is -0.120. The third kappa shape index (κ3) is 2.73. The Labute approximate surface area is 73.9 Å². The highest BCUT2D eigenvalue weighted by Crippen LogP contribution is 2.29. The zero-order valence-corrected chi connectivity index (χ0v) is 7.54. The molecule has 0 spiro atoms. The van der Waals surface area contributed by atoms with E-state index in [1.54, 1.807) is 0 Å². The minimum absolute atomic E-state index is 0.210. The van der Waals surface area contributed by atoms with Crippen LogP contribution in [0.4, 0.5) is 0 Å². The van der Waals surface area contributed by atoms with Crippen molar-refractivity contribution in [2.45, 2.75) is 32.1 Å². The van der Waals surface area contributed by atoms with Crippen LogP contribution in [0.3, 0.4) is 0 Å². The molecule has 0 heterocycles. The van der Waals surface area contributed by atoms with Crippen molar-refractivity contribution in [1.82, 2.24) is 0 Å². The number of aliphatic hydroxyl groups excluding tert-OH is 1. The summed E-state index contributed by atoms with van der Waals surface area (Å²) in [5, 5.41) is 9.07. The molecular weight excluding hydrogens is 154 g/mol. The molecule has 0 aromatic heterocycles. The lowest BCUT2D eigenvalue weighted by molar-refractivity contribution is 0.0366. The highest BCUT2D eigenvalue weighted by molar-refractivity contribution is 4.73. The first-order valence-electron chi connectivity index (χ1n) is 4.81. The van der Waals surface area contributed by atoms with Gasteiger partial charge in [-0.15, -0.1) is 0 Å². The first-order valence-corrected chi connectivity index (χ1v) is 4.81. The van der Waals surface area contributed by atoms with E-state index in [-0.39, 0.29) is 12.5 Å². The SMILES string of the molecule is NOCC(CO)C1CCCCC1. The Morgan fingerprint density at radius 3 is 2.50 bits per heavy atom. The van der Waals surface area contributed by atoms with Crippen LogP contribution in [0.2, 0.25) is 0 Å². The third-order valence-electron chi connectivity index (χ3n) is 2.86. The lowest BCUT2D eigenvalue weighted by Crippen LogP contribution is -2.26. The summed E-state index contributed by atoms with van der Waals surface area (Å²) < 4.78 is 0. The van der Waals surface area contributed by atoms with Crippen LogP contribution in [0.25, 0.3) is 0 Å². The van der Waals surface area contributed by atoms with Gasteiger partial charge in [0.25, 0.3) is 0 Å². The Kier molecular flexibility index (Phi) is 4.58. The standard InChI is InChI=1S/C9H19NO2/c10-12-7-9(6-11)8-4-2-1-3-5-8/h8-9,11H,1-7,10H2. The van der Waals surface area contributed by atoms with Gasteiger partial charge in [-0.2, -0.15) is 0 Å². The molecule has 1 unspecified atom stereocenters. The van der Waals surface area contributed by atoms with E-state index in [1.165, 1.54) is 32.1 Å². The van der Waals surface area contributed by atoms with Crippen LogP contribution in [-0.4, -0.2) is 18.3 Å². The summed E-state index contributed by atoms with van der Waals surface area (Å²) in [5.74, 6) is 5.89. The minimum Gasteiger partial charge on any atom is -0.396 e. The average molecular weight is 173 g/mol. The molecule has 0 amide bonds. The van der Waals surface area contributed by atoms with Gasteiger partial charge in [0.05, 0.1) is 6.61 Å². The first kappa shape index (κ1) is 9.96. The molecule has 0 aromatic rings. The molecule has 0 aliphatic heterocycles. The topological polar surface area (TPSA) is 55.5 Å². The van der Waals surface area contributed by atoms with Crippen molar-refractivity contribution in [1.29, 1.82) is 0 Å². The summed E-state index contributed by atoms with van der Waals surface area (Å²) in [4.78, 5) is 4.59. The molecular formula is C9H19NO2. The molecule has 0 saturated heterocycles. The van der Waals surface area contributed by atoms with Crippen LogP contribution in [-0.2, 0) is 4.84 Å². The summed E-state index contributed by atoms with van der Waals surface area (Å²) >= 11 is 0. The predicted molar refractivity (Wildman–Crippen MR) is 47.3 cm³/mol. The highest BCUT2D eigenvalue weighted by Gasteiger charge is 2.22. The van der Waals surface area contributed by atoms with Crippen molar-refractivity contribution in [2.75, 3.05) is 13.2 Å². The number of hydrogen-bond acceptors (Lipinski definition) is 3. The fourth-order valence-corrected chi connectivity index (χ4v) is 2.07. The maximum Gasteiger partial charge on any atom is 0.0731 e. The van der Waals surface area contributed by atoms with Gasteiger partial charge in [0.1, 0.15) is 0 Å². The third-order valence-corrected chi connectivity index (χ3v) is 2.86. The molecule has 1 atom stereocenters. The molecule has 3 nitrogen and oxygen atoms in total. The molecule has 72 valence electrons. The molecule has 12 heavy (non-hydrogen) atoms. The van der Waals surface area contributed by atoms with E-state index in [9.17, 15) is 0 Å². The molecule has 3 heteroatoms. The molecule has 0 bridgehead atoms. The van der Waals surface area contributed by atoms with Crippen molar-refractivity contribution in [2.24, 2.45) is 17.7 Å². The fourth-order valence-electron chi connectivity index (χ4n) is 2.07. The molecule has 1 fully saturated rings. The van der Waals surface area contributed by atoms with Gasteiger partial charge in [0, 0.05) is 12.5 Å². The van der Waals surface area contributed by atoms with E-state index in [0.29, 0.717) is 12.5 Å². The quantitative estimate of drug-likeness (QED) is 0.625. The van der Waals surface area contributed by atoms with E-state index in [1.807, 2.05) is 0 Å². The Balaban J connectivity index is 2.29. The molecule has 3 N–H and O–H groups in total.